The molecule has 1 aliphatic heterocycles. The summed E-state index contributed by atoms with van der Waals surface area (Å²) in [6.07, 6.45) is 7.04. The predicted molar refractivity (Wildman–Crippen MR) is 65.0 cm³/mol. The number of carbonyl (C=O) groups is 1. The molecule has 0 radical (unpaired) electrons. The Morgan fingerprint density at radius 1 is 1.31 bits per heavy atom. The van der Waals surface area contributed by atoms with Crippen LogP contribution in [0.1, 0.15) is 52.4 Å². The van der Waals surface area contributed by atoms with Crippen molar-refractivity contribution in [3.8, 4) is 0 Å². The minimum Gasteiger partial charge on any atom is -0.326 e. The zero-order valence-electron chi connectivity index (χ0n) is 10.5. The van der Waals surface area contributed by atoms with Gasteiger partial charge in [-0.2, -0.15) is 0 Å². The molecule has 0 bridgehead atoms. The largest absolute Gasteiger partial charge is 0.326 e. The quantitative estimate of drug-likeness (QED) is 0.796. The van der Waals surface area contributed by atoms with Crippen LogP contribution in [0.15, 0.2) is 0 Å². The van der Waals surface area contributed by atoms with Crippen LogP contribution in [-0.4, -0.2) is 29.6 Å². The van der Waals surface area contributed by atoms with Gasteiger partial charge in [0.2, 0.25) is 5.91 Å². The van der Waals surface area contributed by atoms with Crippen LogP contribution in [0.25, 0.3) is 0 Å². The Bertz CT molecular complexity index is 246. The molecule has 1 amide bonds. The molecule has 1 saturated heterocycles. The molecule has 1 saturated carbocycles. The number of amides is 1. The van der Waals surface area contributed by atoms with Gasteiger partial charge in [-0.15, -0.1) is 0 Å². The van der Waals surface area contributed by atoms with E-state index in [2.05, 4.69) is 24.1 Å². The van der Waals surface area contributed by atoms with Crippen molar-refractivity contribution in [2.45, 2.75) is 64.5 Å². The molecule has 1 N–H and O–H groups in total. The fourth-order valence-corrected chi connectivity index (χ4v) is 2.95. The number of rotatable bonds is 3. The first-order valence-electron chi connectivity index (χ1n) is 6.76. The molecule has 1 unspecified atom stereocenters. The molecule has 0 spiro atoms. The summed E-state index contributed by atoms with van der Waals surface area (Å²) < 4.78 is 0. The van der Waals surface area contributed by atoms with Crippen molar-refractivity contribution in [2.75, 3.05) is 6.67 Å². The number of hydrogen-bond donors (Lipinski definition) is 1. The van der Waals surface area contributed by atoms with Crippen molar-refractivity contribution < 1.29 is 4.79 Å². The first-order chi connectivity index (χ1) is 7.72. The third-order valence-corrected chi connectivity index (χ3v) is 4.09. The predicted octanol–water partition coefficient (Wildman–Crippen LogP) is 2.12. The zero-order valence-corrected chi connectivity index (χ0v) is 10.5. The summed E-state index contributed by atoms with van der Waals surface area (Å²) in [7, 11) is 0. The summed E-state index contributed by atoms with van der Waals surface area (Å²) in [5.41, 5.74) is 0. The Balaban J connectivity index is 1.89. The van der Waals surface area contributed by atoms with E-state index in [4.69, 9.17) is 0 Å². The molecule has 16 heavy (non-hydrogen) atoms. The van der Waals surface area contributed by atoms with Gasteiger partial charge in [-0.25, -0.2) is 0 Å². The van der Waals surface area contributed by atoms with E-state index in [1.54, 1.807) is 0 Å². The normalized spacial score (nSPS) is 35.8. The summed E-state index contributed by atoms with van der Waals surface area (Å²) in [6, 6.07) is 0.613. The highest BCUT2D eigenvalue weighted by molar-refractivity contribution is 5.84. The van der Waals surface area contributed by atoms with Crippen molar-refractivity contribution in [3.05, 3.63) is 0 Å². The molecule has 2 rings (SSSR count). The molecule has 3 heteroatoms. The van der Waals surface area contributed by atoms with Gasteiger partial charge >= 0.3 is 0 Å². The minimum absolute atomic E-state index is 0.101. The molecule has 3 nitrogen and oxygen atoms in total. The van der Waals surface area contributed by atoms with Crippen LogP contribution < -0.4 is 5.32 Å². The average molecular weight is 224 g/mol. The number of nitrogens with one attached hydrogen (secondary N) is 1. The van der Waals surface area contributed by atoms with Gasteiger partial charge in [-0.05, 0) is 38.0 Å². The molecule has 1 heterocycles. The highest BCUT2D eigenvalue weighted by Crippen LogP contribution is 2.28. The van der Waals surface area contributed by atoms with E-state index in [1.807, 2.05) is 0 Å². The molecule has 0 aromatic heterocycles. The van der Waals surface area contributed by atoms with Gasteiger partial charge in [-0.3, -0.25) is 10.1 Å². The van der Waals surface area contributed by atoms with E-state index in [1.165, 1.54) is 25.7 Å². The summed E-state index contributed by atoms with van der Waals surface area (Å²) in [5, 5.41) is 3.34. The van der Waals surface area contributed by atoms with Gasteiger partial charge < -0.3 is 4.90 Å². The Hall–Kier alpha value is -0.570. The second-order valence-electron chi connectivity index (χ2n) is 5.43. The van der Waals surface area contributed by atoms with Gasteiger partial charge in [0.15, 0.2) is 0 Å². The Morgan fingerprint density at radius 2 is 2.00 bits per heavy atom. The third-order valence-electron chi connectivity index (χ3n) is 4.09. The van der Waals surface area contributed by atoms with Crippen LogP contribution in [0.5, 0.6) is 0 Å². The second kappa shape index (κ2) is 5.17. The van der Waals surface area contributed by atoms with E-state index >= 15 is 0 Å². The van der Waals surface area contributed by atoms with Crippen LogP contribution >= 0.6 is 0 Å². The van der Waals surface area contributed by atoms with Gasteiger partial charge in [0, 0.05) is 6.04 Å². The summed E-state index contributed by atoms with van der Waals surface area (Å²) in [6.45, 7) is 5.24. The van der Waals surface area contributed by atoms with E-state index in [0.29, 0.717) is 11.9 Å². The van der Waals surface area contributed by atoms with E-state index in [9.17, 15) is 4.79 Å². The lowest BCUT2D eigenvalue weighted by atomic mass is 9.86. The summed E-state index contributed by atoms with van der Waals surface area (Å²) >= 11 is 0. The number of nitrogens with zero attached hydrogens (tertiary/aromatic N) is 1. The Kier molecular flexibility index (Phi) is 3.85. The lowest BCUT2D eigenvalue weighted by Gasteiger charge is -2.33. The van der Waals surface area contributed by atoms with Crippen molar-refractivity contribution >= 4 is 5.91 Å². The maximum absolute atomic E-state index is 12.1. The molecular formula is C13H24N2O. The topological polar surface area (TPSA) is 32.3 Å². The van der Waals surface area contributed by atoms with Crippen molar-refractivity contribution in [1.82, 2.24) is 10.2 Å². The number of carbonyl (C=O) groups excluding carboxylic acids is 1. The second-order valence-corrected chi connectivity index (χ2v) is 5.43. The molecule has 0 aromatic carbocycles. The fourth-order valence-electron chi connectivity index (χ4n) is 2.95. The van der Waals surface area contributed by atoms with Crippen LogP contribution in [0.4, 0.5) is 0 Å². The molecule has 2 fully saturated rings. The van der Waals surface area contributed by atoms with Crippen LogP contribution in [-0.2, 0) is 4.79 Å². The first-order valence-corrected chi connectivity index (χ1v) is 6.76. The zero-order chi connectivity index (χ0) is 11.5. The standard InChI is InChI=1S/C13H24N2O/c1-3-4-12-13(16)15(9-14-12)11-7-5-10(2)6-8-11/h10-12,14H,3-9H2,1-2H3. The third kappa shape index (κ3) is 2.40. The summed E-state index contributed by atoms with van der Waals surface area (Å²) in [4.78, 5) is 14.2. The highest BCUT2D eigenvalue weighted by Gasteiger charge is 2.35. The lowest BCUT2D eigenvalue weighted by Crippen LogP contribution is -2.40. The fraction of sp³-hybridized carbons (Fsp3) is 0.923. The molecule has 1 atom stereocenters. The van der Waals surface area contributed by atoms with Gasteiger partial charge in [-0.1, -0.05) is 20.3 Å². The monoisotopic (exact) mass is 224 g/mol. The Labute approximate surface area is 98.6 Å². The van der Waals surface area contributed by atoms with Gasteiger partial charge in [0.25, 0.3) is 0 Å². The van der Waals surface area contributed by atoms with Crippen LogP contribution in [0, 0.1) is 5.92 Å². The molecule has 0 aromatic rings. The van der Waals surface area contributed by atoms with Crippen molar-refractivity contribution in [2.24, 2.45) is 5.92 Å². The van der Waals surface area contributed by atoms with E-state index in [0.717, 1.165) is 25.4 Å². The van der Waals surface area contributed by atoms with Crippen LogP contribution in [0.3, 0.4) is 0 Å². The lowest BCUT2D eigenvalue weighted by molar-refractivity contribution is -0.131. The van der Waals surface area contributed by atoms with Crippen LogP contribution in [0.2, 0.25) is 0 Å². The van der Waals surface area contributed by atoms with E-state index in [-0.39, 0.29) is 6.04 Å². The minimum atomic E-state index is 0.101. The van der Waals surface area contributed by atoms with Gasteiger partial charge in [0.05, 0.1) is 12.7 Å². The van der Waals surface area contributed by atoms with Crippen molar-refractivity contribution in [3.63, 3.8) is 0 Å². The summed E-state index contributed by atoms with van der Waals surface area (Å²) in [5.74, 6) is 1.20. The Morgan fingerprint density at radius 3 is 2.62 bits per heavy atom. The molecule has 92 valence electrons. The van der Waals surface area contributed by atoms with Crippen molar-refractivity contribution in [1.29, 1.82) is 0 Å². The number of hydrogen-bond acceptors (Lipinski definition) is 2. The van der Waals surface area contributed by atoms with E-state index < -0.39 is 0 Å². The maximum Gasteiger partial charge on any atom is 0.241 e. The SMILES string of the molecule is CCCC1NCN(C2CCC(C)CC2)C1=O. The molecular weight excluding hydrogens is 200 g/mol. The average Bonchev–Trinajstić information content (AvgIpc) is 2.63. The highest BCUT2D eigenvalue weighted by atomic mass is 16.2. The van der Waals surface area contributed by atoms with Gasteiger partial charge in [0.1, 0.15) is 0 Å². The smallest absolute Gasteiger partial charge is 0.241 e. The molecule has 1 aliphatic carbocycles. The molecule has 2 aliphatic rings. The first kappa shape index (κ1) is 11.9. The maximum atomic E-state index is 12.1.